The molecular formula is C29H27N3O4S. The molecule has 7 nitrogen and oxygen atoms in total. The average Bonchev–Trinajstić information content (AvgIpc) is 3.19. The van der Waals surface area contributed by atoms with Crippen molar-refractivity contribution in [2.45, 2.75) is 19.9 Å². The van der Waals surface area contributed by atoms with Gasteiger partial charge in [0.25, 0.3) is 5.56 Å². The lowest BCUT2D eigenvalue weighted by Crippen LogP contribution is -2.39. The number of esters is 1. The Balaban J connectivity index is 1.75. The maximum atomic E-state index is 13.9. The SMILES string of the molecule is CCOC(=O)C1=C(C)N=c2s/c(=C\c3c(O)ccc4ccccc34)c(=O)n2[C@@H]1c1ccc(N(C)C)cc1. The van der Waals surface area contributed by atoms with Crippen LogP contribution in [0.2, 0.25) is 0 Å². The fourth-order valence-corrected chi connectivity index (χ4v) is 5.66. The van der Waals surface area contributed by atoms with Crippen LogP contribution in [0.25, 0.3) is 16.8 Å². The monoisotopic (exact) mass is 513 g/mol. The lowest BCUT2D eigenvalue weighted by atomic mass is 9.95. The molecule has 1 aliphatic heterocycles. The highest BCUT2D eigenvalue weighted by Gasteiger charge is 2.33. The highest BCUT2D eigenvalue weighted by Crippen LogP contribution is 2.32. The number of phenolic OH excluding ortho intramolecular Hbond substituents is 1. The van der Waals surface area contributed by atoms with Crippen molar-refractivity contribution >= 4 is 39.8 Å². The number of hydrogen-bond donors (Lipinski definition) is 1. The molecule has 1 aromatic heterocycles. The summed E-state index contributed by atoms with van der Waals surface area (Å²) in [7, 11) is 3.91. The number of phenols is 1. The third-order valence-corrected chi connectivity index (χ3v) is 7.45. The summed E-state index contributed by atoms with van der Waals surface area (Å²) in [5.41, 5.74) is 2.92. The van der Waals surface area contributed by atoms with Gasteiger partial charge in [0.05, 0.1) is 28.5 Å². The van der Waals surface area contributed by atoms with Gasteiger partial charge in [-0.2, -0.15) is 0 Å². The van der Waals surface area contributed by atoms with E-state index in [-0.39, 0.29) is 17.9 Å². The second-order valence-corrected chi connectivity index (χ2v) is 10.0. The Hall–Kier alpha value is -4.17. The molecule has 5 rings (SSSR count). The number of benzene rings is 3. The molecule has 0 unspecified atom stereocenters. The molecule has 8 heteroatoms. The zero-order chi connectivity index (χ0) is 26.3. The molecular weight excluding hydrogens is 486 g/mol. The summed E-state index contributed by atoms with van der Waals surface area (Å²) in [6, 6.07) is 18.2. The Morgan fingerprint density at radius 2 is 1.86 bits per heavy atom. The number of fused-ring (bicyclic) bond motifs is 2. The molecule has 188 valence electrons. The number of aromatic nitrogens is 1. The molecule has 0 spiro atoms. The van der Waals surface area contributed by atoms with E-state index in [0.29, 0.717) is 26.2 Å². The zero-order valence-corrected chi connectivity index (χ0v) is 21.9. The third-order valence-electron chi connectivity index (χ3n) is 6.47. The number of aromatic hydroxyl groups is 1. The van der Waals surface area contributed by atoms with Crippen molar-refractivity contribution in [3.63, 3.8) is 0 Å². The largest absolute Gasteiger partial charge is 0.507 e. The molecule has 0 radical (unpaired) electrons. The number of hydrogen-bond acceptors (Lipinski definition) is 7. The van der Waals surface area contributed by atoms with Crippen LogP contribution in [-0.2, 0) is 9.53 Å². The van der Waals surface area contributed by atoms with Gasteiger partial charge in [-0.15, -0.1) is 0 Å². The van der Waals surface area contributed by atoms with Crippen LogP contribution in [-0.4, -0.2) is 36.3 Å². The van der Waals surface area contributed by atoms with Crippen molar-refractivity contribution in [1.29, 1.82) is 0 Å². The minimum atomic E-state index is -0.685. The Kier molecular flexibility index (Phi) is 6.43. The van der Waals surface area contributed by atoms with Gasteiger partial charge in [-0.25, -0.2) is 9.79 Å². The van der Waals surface area contributed by atoms with Crippen LogP contribution in [0.3, 0.4) is 0 Å². The highest BCUT2D eigenvalue weighted by molar-refractivity contribution is 7.07. The molecule has 1 N–H and O–H groups in total. The minimum absolute atomic E-state index is 0.0868. The van der Waals surface area contributed by atoms with Gasteiger partial charge in [0.1, 0.15) is 5.75 Å². The van der Waals surface area contributed by atoms with Gasteiger partial charge in [0.2, 0.25) is 0 Å². The van der Waals surface area contributed by atoms with Crippen LogP contribution in [0.1, 0.15) is 31.0 Å². The Bertz CT molecular complexity index is 1730. The first kappa shape index (κ1) is 24.5. The molecule has 0 saturated carbocycles. The van der Waals surface area contributed by atoms with Gasteiger partial charge in [-0.05, 0) is 54.5 Å². The summed E-state index contributed by atoms with van der Waals surface area (Å²) in [6.07, 6.45) is 1.71. The van der Waals surface area contributed by atoms with Gasteiger partial charge in [-0.1, -0.05) is 53.8 Å². The van der Waals surface area contributed by atoms with Crippen molar-refractivity contribution in [3.05, 3.63) is 103 Å². The Morgan fingerprint density at radius 3 is 2.57 bits per heavy atom. The van der Waals surface area contributed by atoms with E-state index in [1.807, 2.05) is 73.6 Å². The summed E-state index contributed by atoms with van der Waals surface area (Å²) in [5, 5.41) is 12.4. The second-order valence-electron chi connectivity index (χ2n) is 9.01. The molecule has 37 heavy (non-hydrogen) atoms. The van der Waals surface area contributed by atoms with E-state index in [2.05, 4.69) is 4.99 Å². The average molecular weight is 514 g/mol. The molecule has 1 atom stereocenters. The third kappa shape index (κ3) is 4.34. The zero-order valence-electron chi connectivity index (χ0n) is 21.1. The van der Waals surface area contributed by atoms with E-state index in [1.165, 1.54) is 11.3 Å². The molecule has 2 heterocycles. The van der Waals surface area contributed by atoms with E-state index in [4.69, 9.17) is 4.74 Å². The highest BCUT2D eigenvalue weighted by atomic mass is 32.1. The lowest BCUT2D eigenvalue weighted by molar-refractivity contribution is -0.139. The first-order valence-corrected chi connectivity index (χ1v) is 12.8. The summed E-state index contributed by atoms with van der Waals surface area (Å²) in [6.45, 7) is 3.73. The normalized spacial score (nSPS) is 15.5. The number of carbonyl (C=O) groups excluding carboxylic acids is 1. The van der Waals surface area contributed by atoms with Crippen LogP contribution in [0.5, 0.6) is 5.75 Å². The number of anilines is 1. The quantitative estimate of drug-likeness (QED) is 0.411. The predicted octanol–water partition coefficient (Wildman–Crippen LogP) is 3.72. The molecule has 3 aromatic carbocycles. The van der Waals surface area contributed by atoms with Crippen LogP contribution in [0.4, 0.5) is 5.69 Å². The fourth-order valence-electron chi connectivity index (χ4n) is 4.63. The van der Waals surface area contributed by atoms with E-state index in [1.54, 1.807) is 30.6 Å². The summed E-state index contributed by atoms with van der Waals surface area (Å²) >= 11 is 1.23. The van der Waals surface area contributed by atoms with Crippen molar-refractivity contribution in [3.8, 4) is 5.75 Å². The van der Waals surface area contributed by atoms with E-state index in [9.17, 15) is 14.7 Å². The number of ether oxygens (including phenoxy) is 1. The number of carbonyl (C=O) groups is 1. The van der Waals surface area contributed by atoms with Gasteiger partial charge in [-0.3, -0.25) is 9.36 Å². The maximum absolute atomic E-state index is 13.9. The number of rotatable bonds is 5. The standard InChI is InChI=1S/C29H27N3O4S/c1-5-36-28(35)25-17(2)30-29-32(26(25)19-10-13-20(14-11-19)31(3)4)27(34)24(37-29)16-22-21-9-7-6-8-18(21)12-15-23(22)33/h6-16,26,33H,5H2,1-4H3/b24-16-/t26-/m1/s1. The summed E-state index contributed by atoms with van der Waals surface area (Å²) in [4.78, 5) is 34.1. The number of allylic oxidation sites excluding steroid dienone is 1. The van der Waals surface area contributed by atoms with Crippen LogP contribution in [0.15, 0.2) is 81.7 Å². The molecule has 0 fully saturated rings. The topological polar surface area (TPSA) is 84.1 Å². The van der Waals surface area contributed by atoms with Crippen molar-refractivity contribution in [1.82, 2.24) is 4.57 Å². The minimum Gasteiger partial charge on any atom is -0.507 e. The molecule has 0 bridgehead atoms. The summed E-state index contributed by atoms with van der Waals surface area (Å²) < 4.78 is 7.34. The van der Waals surface area contributed by atoms with Crippen molar-refractivity contribution in [2.75, 3.05) is 25.6 Å². The number of thiazole rings is 1. The van der Waals surface area contributed by atoms with Gasteiger partial charge < -0.3 is 14.7 Å². The van der Waals surface area contributed by atoms with Crippen LogP contribution in [0, 0.1) is 0 Å². The van der Waals surface area contributed by atoms with Gasteiger partial charge in [0.15, 0.2) is 4.80 Å². The summed E-state index contributed by atoms with van der Waals surface area (Å²) in [5.74, 6) is -0.407. The van der Waals surface area contributed by atoms with Crippen molar-refractivity contribution < 1.29 is 14.6 Å². The fraction of sp³-hybridized carbons (Fsp3) is 0.207. The lowest BCUT2D eigenvalue weighted by Gasteiger charge is -2.25. The van der Waals surface area contributed by atoms with Gasteiger partial charge in [0, 0.05) is 25.3 Å². The molecule has 1 aliphatic rings. The molecule has 0 saturated heterocycles. The Morgan fingerprint density at radius 1 is 1.14 bits per heavy atom. The van der Waals surface area contributed by atoms with E-state index >= 15 is 0 Å². The first-order chi connectivity index (χ1) is 17.8. The molecule has 0 amide bonds. The number of nitrogens with zero attached hydrogens (tertiary/aromatic N) is 3. The van der Waals surface area contributed by atoms with E-state index in [0.717, 1.165) is 22.0 Å². The molecule has 4 aromatic rings. The molecule has 0 aliphatic carbocycles. The predicted molar refractivity (Wildman–Crippen MR) is 147 cm³/mol. The van der Waals surface area contributed by atoms with E-state index < -0.39 is 12.0 Å². The van der Waals surface area contributed by atoms with Crippen LogP contribution < -0.4 is 19.8 Å². The second kappa shape index (κ2) is 9.71. The Labute approximate surface area is 217 Å². The first-order valence-electron chi connectivity index (χ1n) is 12.0. The van der Waals surface area contributed by atoms with Crippen LogP contribution >= 0.6 is 11.3 Å². The van der Waals surface area contributed by atoms with Gasteiger partial charge >= 0.3 is 5.97 Å². The van der Waals surface area contributed by atoms with Crippen molar-refractivity contribution in [2.24, 2.45) is 4.99 Å². The maximum Gasteiger partial charge on any atom is 0.338 e. The smallest absolute Gasteiger partial charge is 0.338 e.